The van der Waals surface area contributed by atoms with Crippen molar-refractivity contribution in [3.63, 3.8) is 0 Å². The zero-order valence-corrected chi connectivity index (χ0v) is 20.3. The summed E-state index contributed by atoms with van der Waals surface area (Å²) in [6.07, 6.45) is 1.08. The van der Waals surface area contributed by atoms with Crippen molar-refractivity contribution in [1.29, 1.82) is 0 Å². The highest BCUT2D eigenvalue weighted by Gasteiger charge is 2.23. The minimum Gasteiger partial charge on any atom is -0.369 e. The van der Waals surface area contributed by atoms with Crippen LogP contribution in [0.2, 0.25) is 0 Å². The van der Waals surface area contributed by atoms with Crippen molar-refractivity contribution < 1.29 is 4.79 Å². The number of anilines is 1. The van der Waals surface area contributed by atoms with Gasteiger partial charge in [-0.05, 0) is 43.2 Å². The van der Waals surface area contributed by atoms with Gasteiger partial charge in [0.2, 0.25) is 0 Å². The summed E-state index contributed by atoms with van der Waals surface area (Å²) in [5.41, 5.74) is 3.04. The molecule has 1 unspecified atom stereocenters. The largest absolute Gasteiger partial charge is 0.369 e. The Labute approximate surface area is 196 Å². The lowest BCUT2D eigenvalue weighted by Crippen LogP contribution is -2.44. The lowest BCUT2D eigenvalue weighted by atomic mass is 10.1. The minimum atomic E-state index is 0. The predicted molar refractivity (Wildman–Crippen MR) is 135 cm³/mol. The smallest absolute Gasteiger partial charge is 0.253 e. The van der Waals surface area contributed by atoms with Crippen LogP contribution in [0.3, 0.4) is 0 Å². The maximum absolute atomic E-state index is 12.0. The molecule has 0 spiro atoms. The van der Waals surface area contributed by atoms with Gasteiger partial charge < -0.3 is 20.4 Å². The molecule has 162 valence electrons. The van der Waals surface area contributed by atoms with Gasteiger partial charge in [0.05, 0.1) is 6.54 Å². The molecule has 3 rings (SSSR count). The standard InChI is InChI=1S/C23H31N5O.HI/c1-4-24-23(25-16-18-10-12-19(13-11-18)22(29)27(2)3)26-20-14-15-28(17-20)21-8-6-5-7-9-21;/h5-13,20H,4,14-17H2,1-3H3,(H2,24,25,26);1H. The van der Waals surface area contributed by atoms with Crippen LogP contribution in [0.4, 0.5) is 5.69 Å². The lowest BCUT2D eigenvalue weighted by Gasteiger charge is -2.20. The summed E-state index contributed by atoms with van der Waals surface area (Å²) in [5.74, 6) is 0.847. The van der Waals surface area contributed by atoms with E-state index in [1.165, 1.54) is 5.69 Å². The van der Waals surface area contributed by atoms with E-state index in [1.807, 2.05) is 30.3 Å². The highest BCUT2D eigenvalue weighted by Crippen LogP contribution is 2.19. The van der Waals surface area contributed by atoms with Gasteiger partial charge in [0.1, 0.15) is 0 Å². The van der Waals surface area contributed by atoms with Crippen molar-refractivity contribution in [2.75, 3.05) is 38.6 Å². The molecule has 1 aliphatic rings. The van der Waals surface area contributed by atoms with Gasteiger partial charge in [-0.2, -0.15) is 0 Å². The van der Waals surface area contributed by atoms with Gasteiger partial charge >= 0.3 is 0 Å². The molecule has 1 fully saturated rings. The normalized spacial score (nSPS) is 16.0. The molecule has 6 nitrogen and oxygen atoms in total. The van der Waals surface area contributed by atoms with Crippen molar-refractivity contribution in [3.8, 4) is 0 Å². The quantitative estimate of drug-likeness (QED) is 0.348. The first-order valence-corrected chi connectivity index (χ1v) is 10.2. The monoisotopic (exact) mass is 521 g/mol. The Morgan fingerprint density at radius 1 is 1.13 bits per heavy atom. The second kappa shape index (κ2) is 11.8. The molecule has 2 aromatic carbocycles. The molecule has 1 atom stereocenters. The van der Waals surface area contributed by atoms with Crippen molar-refractivity contribution in [2.24, 2.45) is 4.99 Å². The van der Waals surface area contributed by atoms with Crippen LogP contribution in [-0.4, -0.2) is 56.5 Å². The summed E-state index contributed by atoms with van der Waals surface area (Å²) in [4.78, 5) is 20.7. The third-order valence-corrected chi connectivity index (χ3v) is 5.02. The first-order valence-electron chi connectivity index (χ1n) is 10.2. The maximum atomic E-state index is 12.0. The van der Waals surface area contributed by atoms with Crippen LogP contribution >= 0.6 is 24.0 Å². The Morgan fingerprint density at radius 2 is 1.83 bits per heavy atom. The van der Waals surface area contributed by atoms with Crippen LogP contribution < -0.4 is 15.5 Å². The third kappa shape index (κ3) is 6.62. The molecule has 1 saturated heterocycles. The molecular weight excluding hydrogens is 489 g/mol. The van der Waals surface area contributed by atoms with E-state index < -0.39 is 0 Å². The SMILES string of the molecule is CCNC(=NCc1ccc(C(=O)N(C)C)cc1)NC1CCN(c2ccccc2)C1.I. The van der Waals surface area contributed by atoms with Gasteiger partial charge in [0, 0.05) is 51.0 Å². The van der Waals surface area contributed by atoms with Gasteiger partial charge in [0.15, 0.2) is 5.96 Å². The van der Waals surface area contributed by atoms with Crippen molar-refractivity contribution in [1.82, 2.24) is 15.5 Å². The van der Waals surface area contributed by atoms with E-state index in [-0.39, 0.29) is 29.9 Å². The van der Waals surface area contributed by atoms with E-state index in [1.54, 1.807) is 19.0 Å². The van der Waals surface area contributed by atoms with Gasteiger partial charge in [-0.3, -0.25) is 4.79 Å². The number of guanidine groups is 1. The first-order chi connectivity index (χ1) is 14.1. The van der Waals surface area contributed by atoms with Crippen LogP contribution in [0.15, 0.2) is 59.6 Å². The first kappa shape index (κ1) is 24.0. The Kier molecular flexibility index (Phi) is 9.42. The van der Waals surface area contributed by atoms with Crippen LogP contribution in [0.1, 0.15) is 29.3 Å². The molecule has 7 heteroatoms. The van der Waals surface area contributed by atoms with E-state index in [4.69, 9.17) is 4.99 Å². The Morgan fingerprint density at radius 3 is 2.47 bits per heavy atom. The van der Waals surface area contributed by atoms with Gasteiger partial charge in [-0.15, -0.1) is 24.0 Å². The Balaban J connectivity index is 0.00000320. The number of rotatable bonds is 6. The van der Waals surface area contributed by atoms with E-state index in [0.717, 1.165) is 37.6 Å². The van der Waals surface area contributed by atoms with E-state index in [0.29, 0.717) is 18.2 Å². The number of nitrogens with zero attached hydrogens (tertiary/aromatic N) is 3. The van der Waals surface area contributed by atoms with E-state index in [9.17, 15) is 4.79 Å². The van der Waals surface area contributed by atoms with Crippen molar-refractivity contribution in [2.45, 2.75) is 25.9 Å². The summed E-state index contributed by atoms with van der Waals surface area (Å²) in [6.45, 7) is 5.47. The number of nitrogens with one attached hydrogen (secondary N) is 2. The van der Waals surface area contributed by atoms with Gasteiger partial charge in [-0.1, -0.05) is 30.3 Å². The molecular formula is C23H32IN5O. The number of halogens is 1. The summed E-state index contributed by atoms with van der Waals surface area (Å²) < 4.78 is 0. The zero-order valence-electron chi connectivity index (χ0n) is 18.0. The predicted octanol–water partition coefficient (Wildman–Crippen LogP) is 3.34. The van der Waals surface area contributed by atoms with Crippen molar-refractivity contribution >= 4 is 41.5 Å². The molecule has 2 N–H and O–H groups in total. The number of carbonyl (C=O) groups excluding carboxylic acids is 1. The third-order valence-electron chi connectivity index (χ3n) is 5.02. The highest BCUT2D eigenvalue weighted by atomic mass is 127. The number of aliphatic imine (C=N–C) groups is 1. The number of para-hydroxylation sites is 1. The lowest BCUT2D eigenvalue weighted by molar-refractivity contribution is 0.0827. The Hall–Kier alpha value is -2.29. The van der Waals surface area contributed by atoms with E-state index in [2.05, 4.69) is 46.7 Å². The fraction of sp³-hybridized carbons (Fsp3) is 0.391. The molecule has 0 aromatic heterocycles. The average Bonchev–Trinajstić information content (AvgIpc) is 3.21. The number of carbonyl (C=O) groups is 1. The number of hydrogen-bond donors (Lipinski definition) is 2. The molecule has 2 aromatic rings. The van der Waals surface area contributed by atoms with Crippen LogP contribution in [0.5, 0.6) is 0 Å². The second-order valence-corrected chi connectivity index (χ2v) is 7.50. The topological polar surface area (TPSA) is 60.0 Å². The maximum Gasteiger partial charge on any atom is 0.253 e. The van der Waals surface area contributed by atoms with Crippen LogP contribution in [-0.2, 0) is 6.54 Å². The number of benzene rings is 2. The molecule has 0 saturated carbocycles. The highest BCUT2D eigenvalue weighted by molar-refractivity contribution is 14.0. The number of hydrogen-bond acceptors (Lipinski definition) is 3. The van der Waals surface area contributed by atoms with Crippen LogP contribution in [0, 0.1) is 0 Å². The molecule has 0 bridgehead atoms. The zero-order chi connectivity index (χ0) is 20.6. The minimum absolute atomic E-state index is 0. The van der Waals surface area contributed by atoms with E-state index >= 15 is 0 Å². The van der Waals surface area contributed by atoms with Gasteiger partial charge in [0.25, 0.3) is 5.91 Å². The number of amides is 1. The summed E-state index contributed by atoms with van der Waals surface area (Å²) in [6, 6.07) is 18.6. The molecule has 1 amide bonds. The van der Waals surface area contributed by atoms with Crippen molar-refractivity contribution in [3.05, 3.63) is 65.7 Å². The molecule has 30 heavy (non-hydrogen) atoms. The Bertz CT molecular complexity index is 823. The molecule has 0 aliphatic carbocycles. The summed E-state index contributed by atoms with van der Waals surface area (Å²) >= 11 is 0. The average molecular weight is 521 g/mol. The fourth-order valence-electron chi connectivity index (χ4n) is 3.45. The summed E-state index contributed by atoms with van der Waals surface area (Å²) in [7, 11) is 3.52. The van der Waals surface area contributed by atoms with Crippen LogP contribution in [0.25, 0.3) is 0 Å². The summed E-state index contributed by atoms with van der Waals surface area (Å²) in [5, 5.41) is 6.91. The fourth-order valence-corrected chi connectivity index (χ4v) is 3.45. The second-order valence-electron chi connectivity index (χ2n) is 7.50. The molecule has 0 radical (unpaired) electrons. The van der Waals surface area contributed by atoms with Gasteiger partial charge in [-0.25, -0.2) is 4.99 Å². The molecule has 1 heterocycles. The molecule has 1 aliphatic heterocycles.